The third kappa shape index (κ3) is 4.99. The number of halogens is 2. The summed E-state index contributed by atoms with van der Waals surface area (Å²) in [5.41, 5.74) is -0.594. The fraction of sp³-hybridized carbons (Fsp3) is 0.538. The van der Waals surface area contributed by atoms with Crippen molar-refractivity contribution in [2.45, 2.75) is 45.2 Å². The molecular weight excluding hydrogens is 270 g/mol. The molecule has 2 N–H and O–H groups in total. The molecule has 0 radical (unpaired) electrons. The summed E-state index contributed by atoms with van der Waals surface area (Å²) < 4.78 is 25.9. The van der Waals surface area contributed by atoms with E-state index in [4.69, 9.17) is 5.11 Å². The second-order valence-electron chi connectivity index (χ2n) is 5.17. The van der Waals surface area contributed by atoms with Crippen molar-refractivity contribution in [1.82, 2.24) is 9.88 Å². The maximum absolute atomic E-state index is 12.4. The van der Waals surface area contributed by atoms with Gasteiger partial charge in [-0.05, 0) is 32.4 Å². The zero-order valence-corrected chi connectivity index (χ0v) is 11.4. The number of carbonyl (C=O) groups excluding carboxylic acids is 1. The summed E-state index contributed by atoms with van der Waals surface area (Å²) in [4.78, 5) is 22.6. The molecule has 1 heterocycles. The quantitative estimate of drug-likeness (QED) is 0.807. The second-order valence-corrected chi connectivity index (χ2v) is 5.17. The van der Waals surface area contributed by atoms with E-state index in [9.17, 15) is 18.4 Å². The van der Waals surface area contributed by atoms with Crippen LogP contribution in [0.3, 0.4) is 0 Å². The zero-order chi connectivity index (χ0) is 15.3. The average molecular weight is 288 g/mol. The molecule has 5 nitrogen and oxygen atoms in total. The third-order valence-corrected chi connectivity index (χ3v) is 2.81. The van der Waals surface area contributed by atoms with Crippen LogP contribution in [0.25, 0.3) is 0 Å². The maximum atomic E-state index is 12.4. The van der Waals surface area contributed by atoms with E-state index in [1.54, 1.807) is 13.8 Å². The van der Waals surface area contributed by atoms with E-state index >= 15 is 0 Å². The molecule has 0 aromatic carbocycles. The van der Waals surface area contributed by atoms with Crippen LogP contribution in [0.2, 0.25) is 0 Å². The predicted octanol–water partition coefficient (Wildman–Crippen LogP) is 2.13. The van der Waals surface area contributed by atoms with Crippen LogP contribution >= 0.6 is 0 Å². The van der Waals surface area contributed by atoms with Crippen molar-refractivity contribution in [3.05, 3.63) is 24.0 Å². The van der Waals surface area contributed by atoms with Gasteiger partial charge in [0.25, 0.3) is 12.3 Å². The van der Waals surface area contributed by atoms with Gasteiger partial charge in [-0.3, -0.25) is 9.59 Å². The minimum Gasteiger partial charge on any atom is -0.481 e. The molecule has 1 aromatic rings. The number of rotatable bonds is 7. The topological polar surface area (TPSA) is 71.3 Å². The number of hydrogen-bond acceptors (Lipinski definition) is 2. The van der Waals surface area contributed by atoms with Gasteiger partial charge in [0.05, 0.1) is 6.54 Å². The van der Waals surface area contributed by atoms with Crippen LogP contribution in [-0.2, 0) is 11.3 Å². The van der Waals surface area contributed by atoms with Gasteiger partial charge in [-0.25, -0.2) is 8.78 Å². The Kier molecular flexibility index (Phi) is 5.24. The minimum absolute atomic E-state index is 0.0780. The summed E-state index contributed by atoms with van der Waals surface area (Å²) in [7, 11) is 0. The highest BCUT2D eigenvalue weighted by molar-refractivity contribution is 5.93. The van der Waals surface area contributed by atoms with Crippen molar-refractivity contribution >= 4 is 11.9 Å². The molecular formula is C13H18F2N2O3. The Morgan fingerprint density at radius 3 is 2.65 bits per heavy atom. The van der Waals surface area contributed by atoms with Crippen LogP contribution in [-0.4, -0.2) is 33.5 Å². The van der Waals surface area contributed by atoms with Gasteiger partial charge in [0.15, 0.2) is 0 Å². The van der Waals surface area contributed by atoms with Crippen LogP contribution in [0.15, 0.2) is 18.3 Å². The van der Waals surface area contributed by atoms with E-state index in [2.05, 4.69) is 5.32 Å². The highest BCUT2D eigenvalue weighted by Gasteiger charge is 2.24. The number of hydrogen-bond donors (Lipinski definition) is 2. The van der Waals surface area contributed by atoms with Crippen molar-refractivity contribution in [1.29, 1.82) is 0 Å². The lowest BCUT2D eigenvalue weighted by Gasteiger charge is -2.26. The van der Waals surface area contributed by atoms with Crippen molar-refractivity contribution in [2.75, 3.05) is 0 Å². The van der Waals surface area contributed by atoms with E-state index in [1.807, 2.05) is 0 Å². The second kappa shape index (κ2) is 6.49. The molecule has 0 aliphatic carbocycles. The van der Waals surface area contributed by atoms with Gasteiger partial charge in [-0.2, -0.15) is 0 Å². The van der Waals surface area contributed by atoms with E-state index < -0.39 is 30.4 Å². The molecule has 7 heteroatoms. The monoisotopic (exact) mass is 288 g/mol. The van der Waals surface area contributed by atoms with Gasteiger partial charge in [-0.1, -0.05) is 0 Å². The number of carbonyl (C=O) groups is 2. The Morgan fingerprint density at radius 1 is 1.45 bits per heavy atom. The highest BCUT2D eigenvalue weighted by atomic mass is 19.3. The Balaban J connectivity index is 2.71. The van der Waals surface area contributed by atoms with Crippen LogP contribution in [0.4, 0.5) is 8.78 Å². The van der Waals surface area contributed by atoms with E-state index in [-0.39, 0.29) is 18.5 Å². The van der Waals surface area contributed by atoms with Crippen molar-refractivity contribution in [3.63, 3.8) is 0 Å². The summed E-state index contributed by atoms with van der Waals surface area (Å²) in [6, 6.07) is 2.96. The SMILES string of the molecule is CC(C)(CCC(=O)O)NC(=O)c1cccn1CC(F)F. The molecule has 1 amide bonds. The Bertz CT molecular complexity index is 484. The fourth-order valence-corrected chi connectivity index (χ4v) is 1.78. The number of amides is 1. The number of nitrogens with one attached hydrogen (secondary N) is 1. The summed E-state index contributed by atoms with van der Waals surface area (Å²) >= 11 is 0. The van der Waals surface area contributed by atoms with Crippen LogP contribution in [0.1, 0.15) is 37.2 Å². The number of aliphatic carboxylic acids is 1. The Morgan fingerprint density at radius 2 is 2.10 bits per heavy atom. The molecule has 0 saturated heterocycles. The van der Waals surface area contributed by atoms with Gasteiger partial charge in [0.1, 0.15) is 5.69 Å². The van der Waals surface area contributed by atoms with Crippen LogP contribution < -0.4 is 5.32 Å². The molecule has 0 atom stereocenters. The summed E-state index contributed by atoms with van der Waals surface area (Å²) in [5, 5.41) is 11.3. The van der Waals surface area contributed by atoms with E-state index in [0.29, 0.717) is 0 Å². The van der Waals surface area contributed by atoms with Gasteiger partial charge >= 0.3 is 5.97 Å². The lowest BCUT2D eigenvalue weighted by Crippen LogP contribution is -2.44. The maximum Gasteiger partial charge on any atom is 0.303 e. The molecule has 0 aliphatic rings. The minimum atomic E-state index is -2.55. The third-order valence-electron chi connectivity index (χ3n) is 2.81. The van der Waals surface area contributed by atoms with Gasteiger partial charge in [0, 0.05) is 18.2 Å². The van der Waals surface area contributed by atoms with Gasteiger partial charge in [-0.15, -0.1) is 0 Å². The molecule has 0 saturated carbocycles. The highest BCUT2D eigenvalue weighted by Crippen LogP contribution is 2.14. The number of nitrogens with zero attached hydrogens (tertiary/aromatic N) is 1. The number of alkyl halides is 2. The average Bonchev–Trinajstić information content (AvgIpc) is 2.73. The number of carboxylic acids is 1. The summed E-state index contributed by atoms with van der Waals surface area (Å²) in [5.74, 6) is -1.44. The molecule has 0 fully saturated rings. The van der Waals surface area contributed by atoms with Gasteiger partial charge < -0.3 is 15.0 Å². The molecule has 0 aliphatic heterocycles. The van der Waals surface area contributed by atoms with Crippen LogP contribution in [0.5, 0.6) is 0 Å². The molecule has 20 heavy (non-hydrogen) atoms. The lowest BCUT2D eigenvalue weighted by atomic mass is 9.98. The molecule has 0 bridgehead atoms. The smallest absolute Gasteiger partial charge is 0.303 e. The van der Waals surface area contributed by atoms with Gasteiger partial charge in [0.2, 0.25) is 0 Å². The molecule has 1 aromatic heterocycles. The first kappa shape index (κ1) is 16.1. The standard InChI is InChI=1S/C13H18F2N2O3/c1-13(2,6-5-11(18)19)16-12(20)9-4-3-7-17(9)8-10(14)15/h3-4,7,10H,5-6,8H2,1-2H3,(H,16,20)(H,18,19). The van der Waals surface area contributed by atoms with Crippen molar-refractivity contribution in [3.8, 4) is 0 Å². The zero-order valence-electron chi connectivity index (χ0n) is 11.4. The fourth-order valence-electron chi connectivity index (χ4n) is 1.78. The summed E-state index contributed by atoms with van der Waals surface area (Å²) in [6.07, 6.45) is -0.964. The molecule has 0 unspecified atom stereocenters. The lowest BCUT2D eigenvalue weighted by molar-refractivity contribution is -0.137. The Hall–Kier alpha value is -1.92. The number of carboxylic acid groups (broad SMARTS) is 1. The Labute approximate surface area is 115 Å². The predicted molar refractivity (Wildman–Crippen MR) is 68.9 cm³/mol. The normalized spacial score (nSPS) is 11.7. The van der Waals surface area contributed by atoms with Crippen LogP contribution in [0, 0.1) is 0 Å². The largest absolute Gasteiger partial charge is 0.481 e. The van der Waals surface area contributed by atoms with E-state index in [1.165, 1.54) is 22.9 Å². The van der Waals surface area contributed by atoms with Crippen molar-refractivity contribution < 1.29 is 23.5 Å². The number of aromatic nitrogens is 1. The first-order chi connectivity index (χ1) is 9.21. The van der Waals surface area contributed by atoms with Crippen molar-refractivity contribution in [2.24, 2.45) is 0 Å². The molecule has 112 valence electrons. The first-order valence-electron chi connectivity index (χ1n) is 6.19. The molecule has 1 rings (SSSR count). The first-order valence-corrected chi connectivity index (χ1v) is 6.19. The summed E-state index contributed by atoms with van der Waals surface area (Å²) in [6.45, 7) is 2.83. The molecule has 0 spiro atoms. The van der Waals surface area contributed by atoms with E-state index in [0.717, 1.165) is 0 Å².